The fraction of sp³-hybridized carbons (Fsp3) is 0.300. The van der Waals surface area contributed by atoms with E-state index in [0.29, 0.717) is 6.54 Å². The van der Waals surface area contributed by atoms with Crippen LogP contribution in [0.2, 0.25) is 0 Å². The molecule has 0 bridgehead atoms. The van der Waals surface area contributed by atoms with Gasteiger partial charge in [-0.2, -0.15) is 0 Å². The average molecular weight is 160 g/mol. The molecule has 0 atom stereocenters. The standard InChI is InChI=1S/C10H12N2/c1-2-6-11-8-5-10-4-3-7-12-9-10/h1,3-4,7,9,11H,5-6,8H2. The molecule has 1 heterocycles. The van der Waals surface area contributed by atoms with Crippen LogP contribution in [0.5, 0.6) is 0 Å². The van der Waals surface area contributed by atoms with Crippen LogP contribution in [0.15, 0.2) is 24.5 Å². The molecule has 0 aliphatic carbocycles. The van der Waals surface area contributed by atoms with Crippen LogP contribution in [0.1, 0.15) is 5.56 Å². The molecule has 0 radical (unpaired) electrons. The maximum Gasteiger partial charge on any atom is 0.0573 e. The SMILES string of the molecule is C#CCNCCc1cccnc1. The van der Waals surface area contributed by atoms with Gasteiger partial charge in [-0.05, 0) is 18.1 Å². The van der Waals surface area contributed by atoms with E-state index < -0.39 is 0 Å². The Kier molecular flexibility index (Phi) is 3.90. The van der Waals surface area contributed by atoms with Gasteiger partial charge in [0.1, 0.15) is 0 Å². The number of pyridine rings is 1. The molecule has 0 saturated carbocycles. The summed E-state index contributed by atoms with van der Waals surface area (Å²) in [4.78, 5) is 4.02. The molecular formula is C10H12N2. The molecule has 0 amide bonds. The van der Waals surface area contributed by atoms with Gasteiger partial charge in [0.15, 0.2) is 0 Å². The fourth-order valence-electron chi connectivity index (χ4n) is 0.939. The van der Waals surface area contributed by atoms with Gasteiger partial charge in [-0.1, -0.05) is 12.0 Å². The lowest BCUT2D eigenvalue weighted by molar-refractivity contribution is 0.751. The van der Waals surface area contributed by atoms with E-state index in [1.54, 1.807) is 6.20 Å². The lowest BCUT2D eigenvalue weighted by Gasteiger charge is -1.99. The number of rotatable bonds is 4. The van der Waals surface area contributed by atoms with Crippen LogP contribution in [0.25, 0.3) is 0 Å². The number of terminal acetylenes is 1. The van der Waals surface area contributed by atoms with E-state index in [2.05, 4.69) is 22.3 Å². The van der Waals surface area contributed by atoms with Gasteiger partial charge in [-0.25, -0.2) is 0 Å². The molecule has 0 aliphatic heterocycles. The van der Waals surface area contributed by atoms with Crippen LogP contribution in [0, 0.1) is 12.3 Å². The Bertz CT molecular complexity index is 248. The van der Waals surface area contributed by atoms with Crippen molar-refractivity contribution in [2.45, 2.75) is 6.42 Å². The zero-order valence-electron chi connectivity index (χ0n) is 6.96. The van der Waals surface area contributed by atoms with Gasteiger partial charge < -0.3 is 5.32 Å². The van der Waals surface area contributed by atoms with Crippen LogP contribution < -0.4 is 5.32 Å². The summed E-state index contributed by atoms with van der Waals surface area (Å²) < 4.78 is 0. The highest BCUT2D eigenvalue weighted by Crippen LogP contribution is 1.94. The Hall–Kier alpha value is -1.33. The van der Waals surface area contributed by atoms with Crippen molar-refractivity contribution in [1.29, 1.82) is 0 Å². The highest BCUT2D eigenvalue weighted by Gasteiger charge is 1.89. The van der Waals surface area contributed by atoms with Crippen LogP contribution in [-0.4, -0.2) is 18.1 Å². The Labute approximate surface area is 73.0 Å². The molecule has 0 aliphatic rings. The third-order valence-corrected chi connectivity index (χ3v) is 1.54. The first kappa shape index (κ1) is 8.76. The second-order valence-corrected chi connectivity index (χ2v) is 2.49. The minimum atomic E-state index is 0.639. The molecule has 62 valence electrons. The molecule has 1 aromatic rings. The van der Waals surface area contributed by atoms with Crippen molar-refractivity contribution in [1.82, 2.24) is 10.3 Å². The molecule has 2 heteroatoms. The second kappa shape index (κ2) is 5.34. The molecule has 0 spiro atoms. The van der Waals surface area contributed by atoms with Gasteiger partial charge >= 0.3 is 0 Å². The summed E-state index contributed by atoms with van der Waals surface area (Å²) in [5.41, 5.74) is 1.24. The molecule has 1 N–H and O–H groups in total. The van der Waals surface area contributed by atoms with Crippen molar-refractivity contribution in [2.24, 2.45) is 0 Å². The number of hydrogen-bond acceptors (Lipinski definition) is 2. The second-order valence-electron chi connectivity index (χ2n) is 2.49. The van der Waals surface area contributed by atoms with E-state index in [1.807, 2.05) is 12.3 Å². The predicted molar refractivity (Wildman–Crippen MR) is 49.6 cm³/mol. The molecule has 0 saturated heterocycles. The molecule has 12 heavy (non-hydrogen) atoms. The Balaban J connectivity index is 2.21. The van der Waals surface area contributed by atoms with Crippen molar-refractivity contribution >= 4 is 0 Å². The van der Waals surface area contributed by atoms with Gasteiger partial charge in [0.25, 0.3) is 0 Å². The Morgan fingerprint density at radius 2 is 2.50 bits per heavy atom. The van der Waals surface area contributed by atoms with Crippen molar-refractivity contribution < 1.29 is 0 Å². The van der Waals surface area contributed by atoms with E-state index in [0.717, 1.165) is 13.0 Å². The van der Waals surface area contributed by atoms with Gasteiger partial charge in [-0.3, -0.25) is 4.98 Å². The van der Waals surface area contributed by atoms with Crippen molar-refractivity contribution in [2.75, 3.05) is 13.1 Å². The molecular weight excluding hydrogens is 148 g/mol. The number of nitrogens with one attached hydrogen (secondary N) is 1. The average Bonchev–Trinajstić information content (AvgIpc) is 2.14. The first-order valence-corrected chi connectivity index (χ1v) is 3.96. The van der Waals surface area contributed by atoms with Gasteiger partial charge in [-0.15, -0.1) is 6.42 Å². The molecule has 1 rings (SSSR count). The summed E-state index contributed by atoms with van der Waals surface area (Å²) in [7, 11) is 0. The topological polar surface area (TPSA) is 24.9 Å². The normalized spacial score (nSPS) is 9.25. The third-order valence-electron chi connectivity index (χ3n) is 1.54. The van der Waals surface area contributed by atoms with Crippen LogP contribution in [0.3, 0.4) is 0 Å². The molecule has 0 aromatic carbocycles. The van der Waals surface area contributed by atoms with Crippen LogP contribution in [0.4, 0.5) is 0 Å². The zero-order valence-corrected chi connectivity index (χ0v) is 6.96. The number of nitrogens with zero attached hydrogens (tertiary/aromatic N) is 1. The zero-order chi connectivity index (χ0) is 8.65. The van der Waals surface area contributed by atoms with Crippen molar-refractivity contribution in [3.8, 4) is 12.3 Å². The summed E-state index contributed by atoms with van der Waals surface area (Å²) >= 11 is 0. The summed E-state index contributed by atoms with van der Waals surface area (Å²) in [6.45, 7) is 1.55. The number of hydrogen-bond donors (Lipinski definition) is 1. The van der Waals surface area contributed by atoms with E-state index in [-0.39, 0.29) is 0 Å². The van der Waals surface area contributed by atoms with E-state index >= 15 is 0 Å². The van der Waals surface area contributed by atoms with E-state index in [1.165, 1.54) is 5.56 Å². The smallest absolute Gasteiger partial charge is 0.0573 e. The molecule has 2 nitrogen and oxygen atoms in total. The molecule has 1 aromatic heterocycles. The molecule has 0 unspecified atom stereocenters. The Morgan fingerprint density at radius 1 is 1.58 bits per heavy atom. The Morgan fingerprint density at radius 3 is 3.17 bits per heavy atom. The summed E-state index contributed by atoms with van der Waals surface area (Å²) in [5.74, 6) is 2.53. The molecule has 0 fully saturated rings. The van der Waals surface area contributed by atoms with Crippen molar-refractivity contribution in [3.63, 3.8) is 0 Å². The van der Waals surface area contributed by atoms with E-state index in [9.17, 15) is 0 Å². The first-order valence-electron chi connectivity index (χ1n) is 3.96. The summed E-state index contributed by atoms with van der Waals surface area (Å²) in [5, 5.41) is 3.12. The lowest BCUT2D eigenvalue weighted by atomic mass is 10.2. The fourth-order valence-corrected chi connectivity index (χ4v) is 0.939. The minimum Gasteiger partial charge on any atom is -0.306 e. The van der Waals surface area contributed by atoms with Crippen LogP contribution in [-0.2, 0) is 6.42 Å². The minimum absolute atomic E-state index is 0.639. The highest BCUT2D eigenvalue weighted by molar-refractivity contribution is 5.08. The highest BCUT2D eigenvalue weighted by atomic mass is 14.8. The summed E-state index contributed by atoms with van der Waals surface area (Å²) in [6, 6.07) is 4.00. The lowest BCUT2D eigenvalue weighted by Crippen LogP contribution is -2.17. The number of aromatic nitrogens is 1. The largest absolute Gasteiger partial charge is 0.306 e. The van der Waals surface area contributed by atoms with E-state index in [4.69, 9.17) is 6.42 Å². The quantitative estimate of drug-likeness (QED) is 0.521. The first-order chi connectivity index (χ1) is 5.93. The summed E-state index contributed by atoms with van der Waals surface area (Å²) in [6.07, 6.45) is 9.71. The maximum absolute atomic E-state index is 5.08. The van der Waals surface area contributed by atoms with Crippen LogP contribution >= 0.6 is 0 Å². The van der Waals surface area contributed by atoms with Gasteiger partial charge in [0.05, 0.1) is 6.54 Å². The third kappa shape index (κ3) is 3.18. The van der Waals surface area contributed by atoms with Gasteiger partial charge in [0, 0.05) is 18.9 Å². The predicted octanol–water partition coefficient (Wildman–Crippen LogP) is 0.847. The maximum atomic E-state index is 5.08. The van der Waals surface area contributed by atoms with Gasteiger partial charge in [0.2, 0.25) is 0 Å². The van der Waals surface area contributed by atoms with Crippen molar-refractivity contribution in [3.05, 3.63) is 30.1 Å². The monoisotopic (exact) mass is 160 g/mol.